The molecule has 2 saturated carbocycles. The molecule has 0 nitrogen and oxygen atoms in total. The van der Waals surface area contributed by atoms with E-state index in [1.807, 2.05) is 0 Å². The van der Waals surface area contributed by atoms with Gasteiger partial charge in [0.15, 0.2) is 0 Å². The Bertz CT molecular complexity index is 773. The van der Waals surface area contributed by atoms with Gasteiger partial charge in [-0.3, -0.25) is 0 Å². The quantitative estimate of drug-likeness (QED) is 0.663. The lowest BCUT2D eigenvalue weighted by molar-refractivity contribution is -0.222. The molecule has 0 spiro atoms. The average Bonchev–Trinajstić information content (AvgIpc) is 3.26. The fourth-order valence-electron chi connectivity index (χ4n) is 7.37. The van der Waals surface area contributed by atoms with Gasteiger partial charge in [0.1, 0.15) is 0 Å². The monoisotopic (exact) mass is 310 g/mol. The van der Waals surface area contributed by atoms with Crippen molar-refractivity contribution in [2.75, 3.05) is 0 Å². The predicted molar refractivity (Wildman–Crippen MR) is 97.7 cm³/mol. The second kappa shape index (κ2) is 4.30. The molecule has 2 aromatic carbocycles. The zero-order valence-corrected chi connectivity index (χ0v) is 13.8. The summed E-state index contributed by atoms with van der Waals surface area (Å²) in [7, 11) is 0. The van der Waals surface area contributed by atoms with E-state index in [0.29, 0.717) is 10.8 Å². The van der Waals surface area contributed by atoms with Crippen LogP contribution in [0.3, 0.4) is 0 Å². The van der Waals surface area contributed by atoms with Gasteiger partial charge in [0.25, 0.3) is 0 Å². The van der Waals surface area contributed by atoms with Crippen molar-refractivity contribution < 1.29 is 0 Å². The molecule has 2 aromatic rings. The van der Waals surface area contributed by atoms with Gasteiger partial charge in [0, 0.05) is 10.8 Å². The number of hydrogen-bond acceptors (Lipinski definition) is 0. The number of benzene rings is 2. The summed E-state index contributed by atoms with van der Waals surface area (Å²) >= 11 is 0. The van der Waals surface area contributed by atoms with Crippen molar-refractivity contribution in [3.8, 4) is 0 Å². The summed E-state index contributed by atoms with van der Waals surface area (Å²) in [5.41, 5.74) is 3.77. The average molecular weight is 310 g/mol. The summed E-state index contributed by atoms with van der Waals surface area (Å²) in [5.74, 6) is 3.01. The number of rotatable bonds is 2. The van der Waals surface area contributed by atoms with Gasteiger partial charge < -0.3 is 0 Å². The lowest BCUT2D eigenvalue weighted by Crippen LogP contribution is -2.83. The maximum absolute atomic E-state index is 2.55. The first-order valence-electron chi connectivity index (χ1n) is 9.36. The first-order valence-corrected chi connectivity index (χ1v) is 9.36. The third-order valence-corrected chi connectivity index (χ3v) is 7.74. The largest absolute Gasteiger partial charge is 0.0879 e. The third-order valence-electron chi connectivity index (χ3n) is 7.74. The smallest absolute Gasteiger partial charge is 0.0161 e. The van der Waals surface area contributed by atoms with Crippen LogP contribution in [0.25, 0.3) is 0 Å². The molecule has 6 atom stereocenters. The maximum Gasteiger partial charge on any atom is 0.0161 e. The maximum atomic E-state index is 2.55. The third kappa shape index (κ3) is 1.14. The van der Waals surface area contributed by atoms with Gasteiger partial charge >= 0.3 is 0 Å². The molecule has 0 amide bonds. The summed E-state index contributed by atoms with van der Waals surface area (Å²) in [6.07, 6.45) is 12.5. The van der Waals surface area contributed by atoms with Crippen LogP contribution >= 0.6 is 0 Å². The molecule has 6 rings (SSSR count). The second-order valence-corrected chi connectivity index (χ2v) is 8.06. The summed E-state index contributed by atoms with van der Waals surface area (Å²) < 4.78 is 0. The Labute approximate surface area is 143 Å². The summed E-state index contributed by atoms with van der Waals surface area (Å²) in [4.78, 5) is 0. The summed E-state index contributed by atoms with van der Waals surface area (Å²) in [6, 6.07) is 22.9. The van der Waals surface area contributed by atoms with E-state index in [-0.39, 0.29) is 0 Å². The zero-order chi connectivity index (χ0) is 15.8. The van der Waals surface area contributed by atoms with Crippen LogP contribution in [-0.4, -0.2) is 0 Å². The van der Waals surface area contributed by atoms with Gasteiger partial charge in [-0.25, -0.2) is 0 Å². The molecular weight excluding hydrogens is 288 g/mol. The Morgan fingerprint density at radius 3 is 1.42 bits per heavy atom. The van der Waals surface area contributed by atoms with Gasteiger partial charge in [0.2, 0.25) is 0 Å². The van der Waals surface area contributed by atoms with Crippen molar-refractivity contribution in [3.63, 3.8) is 0 Å². The summed E-state index contributed by atoms with van der Waals surface area (Å²) in [5, 5.41) is 0. The lowest BCUT2D eigenvalue weighted by Gasteiger charge is -2.82. The van der Waals surface area contributed by atoms with Gasteiger partial charge in [-0.15, -0.1) is 0 Å². The Balaban J connectivity index is 1.65. The SMILES string of the molecule is C1=CC2C(C1)[C@@]1(c3ccccc3)C3C=CCC3[C@@]21c1ccccc1. The van der Waals surface area contributed by atoms with Crippen molar-refractivity contribution in [1.29, 1.82) is 0 Å². The van der Waals surface area contributed by atoms with E-state index in [9.17, 15) is 0 Å². The lowest BCUT2D eigenvalue weighted by atomic mass is 9.20. The van der Waals surface area contributed by atoms with E-state index >= 15 is 0 Å². The van der Waals surface area contributed by atoms with E-state index in [2.05, 4.69) is 85.0 Å². The zero-order valence-electron chi connectivity index (χ0n) is 13.8. The molecule has 0 aliphatic heterocycles. The van der Waals surface area contributed by atoms with Crippen molar-refractivity contribution in [3.05, 3.63) is 96.1 Å². The van der Waals surface area contributed by atoms with E-state index in [1.165, 1.54) is 12.8 Å². The fourth-order valence-corrected chi connectivity index (χ4v) is 7.37. The molecule has 24 heavy (non-hydrogen) atoms. The van der Waals surface area contributed by atoms with E-state index in [1.54, 1.807) is 11.1 Å². The van der Waals surface area contributed by atoms with Crippen molar-refractivity contribution >= 4 is 0 Å². The molecule has 0 heterocycles. The fraction of sp³-hybridized carbons (Fsp3) is 0.333. The van der Waals surface area contributed by atoms with Gasteiger partial charge in [-0.2, -0.15) is 0 Å². The minimum Gasteiger partial charge on any atom is -0.0879 e. The molecule has 0 N–H and O–H groups in total. The molecule has 4 aliphatic carbocycles. The van der Waals surface area contributed by atoms with Crippen LogP contribution in [0.15, 0.2) is 85.0 Å². The van der Waals surface area contributed by atoms with E-state index < -0.39 is 0 Å². The second-order valence-electron chi connectivity index (χ2n) is 8.06. The van der Waals surface area contributed by atoms with Gasteiger partial charge in [-0.1, -0.05) is 85.0 Å². The van der Waals surface area contributed by atoms with Crippen molar-refractivity contribution in [2.24, 2.45) is 23.7 Å². The molecule has 4 unspecified atom stereocenters. The van der Waals surface area contributed by atoms with Gasteiger partial charge in [-0.05, 0) is 47.6 Å². The van der Waals surface area contributed by atoms with Crippen LogP contribution in [-0.2, 0) is 10.8 Å². The highest BCUT2D eigenvalue weighted by Crippen LogP contribution is 2.84. The van der Waals surface area contributed by atoms with Gasteiger partial charge in [0.05, 0.1) is 0 Å². The minimum absolute atomic E-state index is 0.307. The Kier molecular flexibility index (Phi) is 2.37. The Hall–Kier alpha value is -2.08. The molecule has 118 valence electrons. The summed E-state index contributed by atoms with van der Waals surface area (Å²) in [6.45, 7) is 0. The van der Waals surface area contributed by atoms with Crippen LogP contribution in [0.2, 0.25) is 0 Å². The van der Waals surface area contributed by atoms with Crippen molar-refractivity contribution in [1.82, 2.24) is 0 Å². The highest BCUT2D eigenvalue weighted by Gasteiger charge is 2.85. The molecule has 4 aliphatic rings. The van der Waals surface area contributed by atoms with Crippen LogP contribution in [0.1, 0.15) is 24.0 Å². The number of allylic oxidation sites excluding steroid dienone is 4. The highest BCUT2D eigenvalue weighted by molar-refractivity contribution is 5.59. The van der Waals surface area contributed by atoms with Crippen LogP contribution in [0, 0.1) is 23.7 Å². The molecule has 0 heteroatoms. The molecule has 0 saturated heterocycles. The molecule has 0 aromatic heterocycles. The van der Waals surface area contributed by atoms with Crippen LogP contribution in [0.4, 0.5) is 0 Å². The molecule has 0 radical (unpaired) electrons. The normalized spacial score (nSPS) is 43.5. The standard InChI is InChI=1S/C24H22/c1-3-9-17(10-4-1)23-19-13-7-15-21(19)24(23,18-11-5-2-6-12-18)22-16-8-14-20(22)23/h1-13,16,19-22H,14-15H2/t19?,20?,21?,22?,23-,24+/m1/s1. The van der Waals surface area contributed by atoms with Crippen LogP contribution < -0.4 is 0 Å². The Morgan fingerprint density at radius 1 is 0.583 bits per heavy atom. The first-order chi connectivity index (χ1) is 11.9. The topological polar surface area (TPSA) is 0 Å². The highest BCUT2D eigenvalue weighted by atomic mass is 14.9. The first kappa shape index (κ1) is 13.2. The van der Waals surface area contributed by atoms with Crippen molar-refractivity contribution in [2.45, 2.75) is 23.7 Å². The molecule has 2 fully saturated rings. The van der Waals surface area contributed by atoms with E-state index in [4.69, 9.17) is 0 Å². The number of hydrogen-bond donors (Lipinski definition) is 0. The van der Waals surface area contributed by atoms with Crippen LogP contribution in [0.5, 0.6) is 0 Å². The Morgan fingerprint density at radius 2 is 1.00 bits per heavy atom. The molecule has 0 bridgehead atoms. The predicted octanol–water partition coefficient (Wildman–Crippen LogP) is 5.27. The van der Waals surface area contributed by atoms with E-state index in [0.717, 1.165) is 23.7 Å². The number of fused-ring (bicyclic) bond motifs is 7. The minimum atomic E-state index is 0.307. The molecular formula is C24H22.